The molecule has 3 aromatic rings. The van der Waals surface area contributed by atoms with Gasteiger partial charge in [0.05, 0.1) is 5.39 Å². The summed E-state index contributed by atoms with van der Waals surface area (Å²) in [5, 5.41) is 8.55. The number of nitrogens with zero attached hydrogens (tertiary/aromatic N) is 2. The fourth-order valence-electron chi connectivity index (χ4n) is 2.57. The Hall–Kier alpha value is -2.89. The quantitative estimate of drug-likeness (QED) is 0.668. The molecule has 0 spiro atoms. The zero-order chi connectivity index (χ0) is 15.9. The van der Waals surface area contributed by atoms with Gasteiger partial charge in [0.15, 0.2) is 5.65 Å². The summed E-state index contributed by atoms with van der Waals surface area (Å²) in [5.41, 5.74) is 8.78. The van der Waals surface area contributed by atoms with Gasteiger partial charge in [-0.1, -0.05) is 31.2 Å². The molecule has 2 aromatic heterocycles. The zero-order valence-electron chi connectivity index (χ0n) is 12.5. The molecule has 22 heavy (non-hydrogen) atoms. The van der Waals surface area contributed by atoms with Crippen molar-refractivity contribution in [2.45, 2.75) is 13.3 Å². The molecule has 0 saturated carbocycles. The summed E-state index contributed by atoms with van der Waals surface area (Å²) in [7, 11) is 1.70. The number of hydrogen-bond acceptors (Lipinski definition) is 4. The predicted molar refractivity (Wildman–Crippen MR) is 86.4 cm³/mol. The van der Waals surface area contributed by atoms with Gasteiger partial charge in [-0.15, -0.1) is 0 Å². The molecule has 4 N–H and O–H groups in total. The topological polar surface area (TPSA) is 101 Å². The molecule has 2 heterocycles. The molecule has 6 heteroatoms. The Bertz CT molecular complexity index is 984. The highest BCUT2D eigenvalue weighted by molar-refractivity contribution is 5.92. The first-order valence-corrected chi connectivity index (χ1v) is 7.04. The van der Waals surface area contributed by atoms with E-state index in [2.05, 4.69) is 16.9 Å². The molecule has 0 aliphatic carbocycles. The van der Waals surface area contributed by atoms with Crippen molar-refractivity contribution in [2.75, 3.05) is 5.73 Å². The summed E-state index contributed by atoms with van der Waals surface area (Å²) in [6.07, 6.45) is 0.904. The summed E-state index contributed by atoms with van der Waals surface area (Å²) in [4.78, 5) is 19.1. The lowest BCUT2D eigenvalue weighted by molar-refractivity contribution is 0.840. The van der Waals surface area contributed by atoms with Crippen LogP contribution in [0, 0.1) is 5.41 Å². The molecular weight excluding hydrogens is 278 g/mol. The van der Waals surface area contributed by atoms with Gasteiger partial charge in [-0.2, -0.15) is 4.98 Å². The summed E-state index contributed by atoms with van der Waals surface area (Å²) in [6, 6.07) is 9.64. The van der Waals surface area contributed by atoms with Crippen molar-refractivity contribution in [1.29, 1.82) is 5.41 Å². The number of rotatable bonds is 2. The van der Waals surface area contributed by atoms with Gasteiger partial charge in [0.2, 0.25) is 5.95 Å². The van der Waals surface area contributed by atoms with Crippen molar-refractivity contribution < 1.29 is 0 Å². The van der Waals surface area contributed by atoms with Crippen LogP contribution in [-0.2, 0) is 13.5 Å². The molecule has 112 valence electrons. The molecule has 0 unspecified atom stereocenters. The summed E-state index contributed by atoms with van der Waals surface area (Å²) >= 11 is 0. The minimum absolute atomic E-state index is 0.0481. The highest BCUT2D eigenvalue weighted by Gasteiger charge is 2.13. The van der Waals surface area contributed by atoms with E-state index in [0.717, 1.165) is 12.0 Å². The Labute approximate surface area is 126 Å². The highest BCUT2D eigenvalue weighted by atomic mass is 16.1. The van der Waals surface area contributed by atoms with Gasteiger partial charge < -0.3 is 10.3 Å². The SMILES string of the molecule is CCc1cccc(-c2cc(=N)n(C)c3nc(N)[nH]c(=O)c23)c1. The Morgan fingerprint density at radius 3 is 2.86 bits per heavy atom. The average Bonchev–Trinajstić information content (AvgIpc) is 2.50. The molecule has 0 aliphatic heterocycles. The zero-order valence-corrected chi connectivity index (χ0v) is 12.5. The molecule has 0 saturated heterocycles. The van der Waals surface area contributed by atoms with E-state index in [1.165, 1.54) is 5.56 Å². The van der Waals surface area contributed by atoms with Crippen LogP contribution in [0.5, 0.6) is 0 Å². The van der Waals surface area contributed by atoms with Crippen molar-refractivity contribution in [1.82, 2.24) is 14.5 Å². The monoisotopic (exact) mass is 295 g/mol. The van der Waals surface area contributed by atoms with Crippen molar-refractivity contribution in [3.05, 3.63) is 51.7 Å². The van der Waals surface area contributed by atoms with Gasteiger partial charge in [0.1, 0.15) is 5.49 Å². The number of pyridine rings is 1. The van der Waals surface area contributed by atoms with Crippen LogP contribution in [0.3, 0.4) is 0 Å². The second-order valence-electron chi connectivity index (χ2n) is 5.21. The lowest BCUT2D eigenvalue weighted by Crippen LogP contribution is -2.22. The lowest BCUT2D eigenvalue weighted by Gasteiger charge is -2.11. The third kappa shape index (κ3) is 2.18. The van der Waals surface area contributed by atoms with E-state index in [4.69, 9.17) is 11.1 Å². The molecule has 1 aromatic carbocycles. The molecule has 0 amide bonds. The lowest BCUT2D eigenvalue weighted by atomic mass is 10.0. The first-order chi connectivity index (χ1) is 10.5. The Morgan fingerprint density at radius 1 is 1.36 bits per heavy atom. The Morgan fingerprint density at radius 2 is 2.14 bits per heavy atom. The number of nitrogens with two attached hydrogens (primary N) is 1. The summed E-state index contributed by atoms with van der Waals surface area (Å²) in [6.45, 7) is 2.08. The number of fused-ring (bicyclic) bond motifs is 1. The van der Waals surface area contributed by atoms with Crippen molar-refractivity contribution >= 4 is 17.0 Å². The summed E-state index contributed by atoms with van der Waals surface area (Å²) < 4.78 is 1.55. The van der Waals surface area contributed by atoms with Crippen molar-refractivity contribution in [2.24, 2.45) is 7.05 Å². The first kappa shape index (κ1) is 14.1. The van der Waals surface area contributed by atoms with E-state index in [9.17, 15) is 4.79 Å². The van der Waals surface area contributed by atoms with E-state index >= 15 is 0 Å². The van der Waals surface area contributed by atoms with Crippen LogP contribution < -0.4 is 16.8 Å². The number of aryl methyl sites for hydroxylation is 2. The van der Waals surface area contributed by atoms with E-state index in [0.29, 0.717) is 16.6 Å². The average molecular weight is 295 g/mol. The smallest absolute Gasteiger partial charge is 0.262 e. The van der Waals surface area contributed by atoms with Crippen LogP contribution in [0.4, 0.5) is 5.95 Å². The van der Waals surface area contributed by atoms with E-state index in [1.54, 1.807) is 17.7 Å². The molecule has 0 fully saturated rings. The number of hydrogen-bond donors (Lipinski definition) is 3. The molecule has 3 rings (SSSR count). The molecule has 6 nitrogen and oxygen atoms in total. The molecule has 0 atom stereocenters. The maximum absolute atomic E-state index is 12.4. The van der Waals surface area contributed by atoms with Crippen LogP contribution in [0.2, 0.25) is 0 Å². The van der Waals surface area contributed by atoms with Crippen LogP contribution in [0.1, 0.15) is 12.5 Å². The predicted octanol–water partition coefficient (Wildman–Crippen LogP) is 1.55. The van der Waals surface area contributed by atoms with Gasteiger partial charge in [0.25, 0.3) is 5.56 Å². The molecule has 0 radical (unpaired) electrons. The van der Waals surface area contributed by atoms with Gasteiger partial charge in [-0.05, 0) is 23.6 Å². The highest BCUT2D eigenvalue weighted by Crippen LogP contribution is 2.25. The van der Waals surface area contributed by atoms with Crippen molar-refractivity contribution in [3.63, 3.8) is 0 Å². The first-order valence-electron chi connectivity index (χ1n) is 7.04. The maximum Gasteiger partial charge on any atom is 0.262 e. The largest absolute Gasteiger partial charge is 0.369 e. The number of aromatic amines is 1. The Balaban J connectivity index is 2.46. The van der Waals surface area contributed by atoms with E-state index in [-0.39, 0.29) is 17.0 Å². The number of aromatic nitrogens is 3. The minimum Gasteiger partial charge on any atom is -0.369 e. The second-order valence-corrected chi connectivity index (χ2v) is 5.21. The van der Waals surface area contributed by atoms with Crippen molar-refractivity contribution in [3.8, 4) is 11.1 Å². The molecular formula is C16H17N5O. The van der Waals surface area contributed by atoms with E-state index < -0.39 is 0 Å². The van der Waals surface area contributed by atoms with E-state index in [1.807, 2.05) is 24.3 Å². The number of H-pyrrole nitrogens is 1. The Kier molecular flexibility index (Phi) is 3.29. The third-order valence-corrected chi connectivity index (χ3v) is 3.79. The number of benzene rings is 1. The minimum atomic E-state index is -0.296. The number of nitrogen functional groups attached to an aromatic ring is 1. The normalized spacial score (nSPS) is 11.0. The van der Waals surface area contributed by atoms with Crippen LogP contribution in [0.25, 0.3) is 22.2 Å². The maximum atomic E-state index is 12.4. The number of nitrogens with one attached hydrogen (secondary N) is 2. The summed E-state index contributed by atoms with van der Waals surface area (Å²) in [5.74, 6) is 0.0481. The fourth-order valence-corrected chi connectivity index (χ4v) is 2.57. The van der Waals surface area contributed by atoms with Gasteiger partial charge in [-0.3, -0.25) is 15.2 Å². The van der Waals surface area contributed by atoms with Gasteiger partial charge >= 0.3 is 0 Å². The van der Waals surface area contributed by atoms with Crippen LogP contribution in [-0.4, -0.2) is 14.5 Å². The van der Waals surface area contributed by atoms with Gasteiger partial charge in [0, 0.05) is 12.6 Å². The van der Waals surface area contributed by atoms with Crippen LogP contribution >= 0.6 is 0 Å². The van der Waals surface area contributed by atoms with Gasteiger partial charge in [-0.25, -0.2) is 0 Å². The standard InChI is InChI=1S/C16H17N5O/c1-3-9-5-4-6-10(7-9)11-8-12(17)21(2)14-13(11)15(22)20-16(18)19-14/h4-8,17H,3H2,1-2H3,(H3,18,19,20,22). The fraction of sp³-hybridized carbons (Fsp3) is 0.188. The van der Waals surface area contributed by atoms with Crippen LogP contribution in [0.15, 0.2) is 35.1 Å². The third-order valence-electron chi connectivity index (χ3n) is 3.79. The molecule has 0 bridgehead atoms. The number of anilines is 1. The molecule has 0 aliphatic rings. The second kappa shape index (κ2) is 5.14.